The monoisotopic (exact) mass is 571 g/mol. The minimum absolute atomic E-state index is 0. The fourth-order valence-corrected chi connectivity index (χ4v) is 4.96. The number of benzene rings is 2. The van der Waals surface area contributed by atoms with Crippen LogP contribution in [0.1, 0.15) is 85.9 Å². The standard InChI is InChI=1S/C31H39.2ClH.Zr/c1-19-15-22(30(5,6)7)18-25(19)28-26-17-20-16-21(29(2,3)4)11-12-23(20)24(26)13-14-27(28)31(8,9)10;;;/h11-19H,1-10H3;2*1H;/q-1;;;+3/p-2. The quantitative estimate of drug-likeness (QED) is 0.392. The van der Waals surface area contributed by atoms with E-state index in [1.54, 1.807) is 0 Å². The molecule has 0 nitrogen and oxygen atoms in total. The normalized spacial score (nSPS) is 16.5. The van der Waals surface area contributed by atoms with Gasteiger partial charge in [-0.1, -0.05) is 128 Å². The first-order valence-corrected chi connectivity index (χ1v) is 11.8. The third-order valence-electron chi connectivity index (χ3n) is 6.95. The smallest absolute Gasteiger partial charge is 1.00 e. The number of allylic oxidation sites excluding steroid dienone is 4. The first kappa shape index (κ1) is 31.3. The van der Waals surface area contributed by atoms with Crippen LogP contribution in [0.25, 0.3) is 27.1 Å². The van der Waals surface area contributed by atoms with E-state index in [0.717, 1.165) is 0 Å². The minimum atomic E-state index is 0. The van der Waals surface area contributed by atoms with Crippen molar-refractivity contribution >= 4 is 27.1 Å². The van der Waals surface area contributed by atoms with Crippen LogP contribution in [0.15, 0.2) is 54.1 Å². The summed E-state index contributed by atoms with van der Waals surface area (Å²) in [6.07, 6.45) is 4.95. The summed E-state index contributed by atoms with van der Waals surface area (Å²) in [4.78, 5) is 0. The van der Waals surface area contributed by atoms with Crippen molar-refractivity contribution in [2.24, 2.45) is 11.3 Å². The van der Waals surface area contributed by atoms with E-state index in [2.05, 4.69) is 118 Å². The van der Waals surface area contributed by atoms with E-state index in [0.29, 0.717) is 5.92 Å². The molecule has 0 N–H and O–H groups in total. The van der Waals surface area contributed by atoms with Gasteiger partial charge in [0.1, 0.15) is 0 Å². The number of fused-ring (bicyclic) bond motifs is 3. The average Bonchev–Trinajstić information content (AvgIpc) is 3.19. The van der Waals surface area contributed by atoms with Crippen molar-refractivity contribution in [1.82, 2.24) is 0 Å². The molecule has 1 aliphatic rings. The molecule has 0 aliphatic heterocycles. The summed E-state index contributed by atoms with van der Waals surface area (Å²) >= 11 is 0. The molecule has 0 saturated heterocycles. The number of rotatable bonds is 1. The van der Waals surface area contributed by atoms with Crippen LogP contribution in [-0.4, -0.2) is 0 Å². The zero-order valence-corrected chi connectivity index (χ0v) is 26.4. The molecule has 1 radical (unpaired) electrons. The van der Waals surface area contributed by atoms with E-state index in [1.165, 1.54) is 49.4 Å². The van der Waals surface area contributed by atoms with Gasteiger partial charge in [0.25, 0.3) is 0 Å². The van der Waals surface area contributed by atoms with Crippen LogP contribution in [0.3, 0.4) is 0 Å². The van der Waals surface area contributed by atoms with Gasteiger partial charge in [-0.25, -0.2) is 0 Å². The van der Waals surface area contributed by atoms with Crippen LogP contribution in [0, 0.1) is 11.3 Å². The van der Waals surface area contributed by atoms with Crippen molar-refractivity contribution in [3.63, 3.8) is 0 Å². The van der Waals surface area contributed by atoms with Crippen LogP contribution < -0.4 is 24.8 Å². The van der Waals surface area contributed by atoms with Gasteiger partial charge in [0.15, 0.2) is 0 Å². The SMILES string of the molecule is CC1C=C(C(C)(C)C)C=C1c1c(C(C)(C)C)ccc2c1[cH-]c1cc(C(C)(C)C)ccc12.[Cl-].[Cl-].[Zr+3]. The van der Waals surface area contributed by atoms with Crippen molar-refractivity contribution < 1.29 is 51.0 Å². The Morgan fingerprint density at radius 3 is 1.82 bits per heavy atom. The van der Waals surface area contributed by atoms with Gasteiger partial charge in [-0.2, -0.15) is 0 Å². The number of halogens is 2. The second-order valence-corrected chi connectivity index (χ2v) is 12.7. The third kappa shape index (κ3) is 5.63. The Morgan fingerprint density at radius 1 is 0.735 bits per heavy atom. The van der Waals surface area contributed by atoms with Gasteiger partial charge in [-0.15, -0.1) is 33.7 Å². The van der Waals surface area contributed by atoms with Crippen molar-refractivity contribution in [3.8, 4) is 0 Å². The molecular formula is C31H39Cl2Zr. The van der Waals surface area contributed by atoms with E-state index >= 15 is 0 Å². The summed E-state index contributed by atoms with van der Waals surface area (Å²) in [7, 11) is 0. The molecule has 3 heteroatoms. The van der Waals surface area contributed by atoms with Crippen LogP contribution >= 0.6 is 0 Å². The van der Waals surface area contributed by atoms with Gasteiger partial charge in [0.2, 0.25) is 0 Å². The zero-order valence-electron chi connectivity index (χ0n) is 22.5. The molecule has 0 fully saturated rings. The molecule has 3 aromatic rings. The summed E-state index contributed by atoms with van der Waals surface area (Å²) < 4.78 is 0. The van der Waals surface area contributed by atoms with Gasteiger partial charge in [-0.05, 0) is 27.7 Å². The van der Waals surface area contributed by atoms with Crippen LogP contribution in [0.5, 0.6) is 0 Å². The van der Waals surface area contributed by atoms with Crippen molar-refractivity contribution in [3.05, 3.63) is 70.8 Å². The largest absolute Gasteiger partial charge is 3.00 e. The maximum absolute atomic E-state index is 2.48. The molecular weight excluding hydrogens is 534 g/mol. The van der Waals surface area contributed by atoms with Crippen LogP contribution in [0.2, 0.25) is 0 Å². The molecule has 1 unspecified atom stereocenters. The van der Waals surface area contributed by atoms with Gasteiger partial charge in [-0.3, -0.25) is 0 Å². The summed E-state index contributed by atoms with van der Waals surface area (Å²) in [6, 6.07) is 14.3. The zero-order chi connectivity index (χ0) is 22.9. The van der Waals surface area contributed by atoms with E-state index in [-0.39, 0.29) is 67.3 Å². The molecule has 0 amide bonds. The fourth-order valence-electron chi connectivity index (χ4n) is 4.96. The Bertz CT molecular complexity index is 1230. The first-order valence-electron chi connectivity index (χ1n) is 11.8. The van der Waals surface area contributed by atoms with Crippen LogP contribution in [-0.2, 0) is 37.0 Å². The van der Waals surface area contributed by atoms with E-state index in [1.807, 2.05) is 0 Å². The van der Waals surface area contributed by atoms with Crippen LogP contribution in [0.4, 0.5) is 0 Å². The molecule has 181 valence electrons. The Kier molecular flexibility index (Phi) is 9.49. The third-order valence-corrected chi connectivity index (χ3v) is 6.95. The number of hydrogen-bond donors (Lipinski definition) is 0. The predicted octanol–water partition coefficient (Wildman–Crippen LogP) is 3.32. The molecule has 0 aromatic heterocycles. The fraction of sp³-hybridized carbons (Fsp3) is 0.452. The van der Waals surface area contributed by atoms with Gasteiger partial charge < -0.3 is 24.8 Å². The van der Waals surface area contributed by atoms with E-state index in [4.69, 9.17) is 0 Å². The first-order chi connectivity index (χ1) is 14.2. The minimum Gasteiger partial charge on any atom is -1.00 e. The molecule has 4 rings (SSSR count). The molecule has 3 aromatic carbocycles. The summed E-state index contributed by atoms with van der Waals surface area (Å²) in [5.74, 6) is 0.434. The molecule has 1 atom stereocenters. The number of hydrogen-bond acceptors (Lipinski definition) is 0. The summed E-state index contributed by atoms with van der Waals surface area (Å²) in [6.45, 7) is 23.2. The molecule has 0 heterocycles. The Labute approximate surface area is 239 Å². The molecule has 34 heavy (non-hydrogen) atoms. The Morgan fingerprint density at radius 2 is 1.32 bits per heavy atom. The maximum atomic E-state index is 2.48. The topological polar surface area (TPSA) is 0 Å². The average molecular weight is 574 g/mol. The van der Waals surface area contributed by atoms with E-state index < -0.39 is 0 Å². The van der Waals surface area contributed by atoms with Crippen molar-refractivity contribution in [2.75, 3.05) is 0 Å². The van der Waals surface area contributed by atoms with E-state index in [9.17, 15) is 0 Å². The van der Waals surface area contributed by atoms with Crippen molar-refractivity contribution in [2.45, 2.75) is 80.1 Å². The predicted molar refractivity (Wildman–Crippen MR) is 139 cm³/mol. The molecule has 0 spiro atoms. The molecule has 0 saturated carbocycles. The maximum Gasteiger partial charge on any atom is 3.00 e. The van der Waals surface area contributed by atoms with Gasteiger partial charge in [0.05, 0.1) is 0 Å². The van der Waals surface area contributed by atoms with Crippen molar-refractivity contribution in [1.29, 1.82) is 0 Å². The second kappa shape index (κ2) is 10.3. The van der Waals surface area contributed by atoms with Gasteiger partial charge in [0, 0.05) is 0 Å². The summed E-state index contributed by atoms with van der Waals surface area (Å²) in [5, 5.41) is 5.54. The van der Waals surface area contributed by atoms with Gasteiger partial charge >= 0.3 is 26.2 Å². The Hall–Kier alpha value is -0.747. The second-order valence-electron chi connectivity index (χ2n) is 12.7. The Balaban J connectivity index is 0.00000193. The summed E-state index contributed by atoms with van der Waals surface area (Å²) in [5.41, 5.74) is 7.67. The molecule has 1 aliphatic carbocycles. The molecule has 0 bridgehead atoms.